The third kappa shape index (κ3) is 2.78. The van der Waals surface area contributed by atoms with Gasteiger partial charge >= 0.3 is 0 Å². The summed E-state index contributed by atoms with van der Waals surface area (Å²) in [6.45, 7) is 3.86. The van der Waals surface area contributed by atoms with E-state index in [1.807, 2.05) is 42.5 Å². The van der Waals surface area contributed by atoms with Crippen LogP contribution in [0.1, 0.15) is 21.7 Å². The first-order valence-corrected chi connectivity index (χ1v) is 7.52. The monoisotopic (exact) mass is 325 g/mol. The normalized spacial score (nSPS) is 10.7. The summed E-state index contributed by atoms with van der Waals surface area (Å²) in [6.07, 6.45) is 1.73. The van der Waals surface area contributed by atoms with Crippen LogP contribution in [0.2, 0.25) is 0 Å². The van der Waals surface area contributed by atoms with Crippen molar-refractivity contribution in [1.29, 1.82) is 0 Å². The van der Waals surface area contributed by atoms with Gasteiger partial charge in [-0.2, -0.15) is 0 Å². The minimum Gasteiger partial charge on any atom is -0.493 e. The number of pyridine rings is 1. The molecule has 0 radical (unpaired) electrons. The van der Waals surface area contributed by atoms with Gasteiger partial charge in [0.05, 0.1) is 14.2 Å². The minimum absolute atomic E-state index is 0.270. The highest BCUT2D eigenvalue weighted by Gasteiger charge is 2.15. The first-order chi connectivity index (χ1) is 11.5. The molecule has 0 unspecified atom stereocenters. The molecular weight excluding hydrogens is 306 g/mol. The van der Waals surface area contributed by atoms with Gasteiger partial charge in [0.25, 0.3) is 5.91 Å². The lowest BCUT2D eigenvalue weighted by atomic mass is 10.1. The number of amides is 1. The molecule has 1 aromatic carbocycles. The number of benzene rings is 1. The fraction of sp³-hybridized carbons (Fsp3) is 0.222. The molecule has 2 heterocycles. The number of imidazole rings is 1. The van der Waals surface area contributed by atoms with Crippen LogP contribution in [0.4, 0.5) is 5.69 Å². The second-order valence-corrected chi connectivity index (χ2v) is 5.50. The molecule has 3 rings (SSSR count). The molecule has 0 aliphatic heterocycles. The van der Waals surface area contributed by atoms with Gasteiger partial charge in [0, 0.05) is 23.6 Å². The van der Waals surface area contributed by atoms with Gasteiger partial charge in [-0.3, -0.25) is 4.79 Å². The average Bonchev–Trinajstić information content (AvgIpc) is 3.02. The molecule has 0 saturated carbocycles. The molecule has 0 aliphatic rings. The molecule has 0 saturated heterocycles. The zero-order chi connectivity index (χ0) is 17.3. The molecule has 0 spiro atoms. The van der Waals surface area contributed by atoms with Crippen LogP contribution in [-0.2, 0) is 0 Å². The predicted octanol–water partition coefficient (Wildman–Crippen LogP) is 3.22. The van der Waals surface area contributed by atoms with Crippen molar-refractivity contribution in [2.24, 2.45) is 0 Å². The summed E-state index contributed by atoms with van der Waals surface area (Å²) in [5, 5.41) is 2.88. The molecule has 1 N–H and O–H groups in total. The fourth-order valence-corrected chi connectivity index (χ4v) is 2.56. The van der Waals surface area contributed by atoms with Crippen LogP contribution in [0, 0.1) is 13.8 Å². The highest BCUT2D eigenvalue weighted by molar-refractivity contribution is 6.03. The first kappa shape index (κ1) is 15.9. The second-order valence-electron chi connectivity index (χ2n) is 5.50. The lowest BCUT2D eigenvalue weighted by molar-refractivity contribution is 0.102. The number of hydrogen-bond acceptors (Lipinski definition) is 4. The van der Waals surface area contributed by atoms with Crippen molar-refractivity contribution in [2.45, 2.75) is 13.8 Å². The van der Waals surface area contributed by atoms with Gasteiger partial charge in [-0.15, -0.1) is 0 Å². The smallest absolute Gasteiger partial charge is 0.275 e. The number of aromatic nitrogens is 2. The molecule has 6 heteroatoms. The van der Waals surface area contributed by atoms with E-state index >= 15 is 0 Å². The Kier molecular flexibility index (Phi) is 4.12. The second kappa shape index (κ2) is 6.23. The van der Waals surface area contributed by atoms with Crippen molar-refractivity contribution in [3.8, 4) is 11.5 Å². The van der Waals surface area contributed by atoms with Gasteiger partial charge in [-0.25, -0.2) is 4.98 Å². The Morgan fingerprint density at radius 1 is 1.12 bits per heavy atom. The summed E-state index contributed by atoms with van der Waals surface area (Å²) < 4.78 is 12.4. The number of anilines is 1. The summed E-state index contributed by atoms with van der Waals surface area (Å²) in [6, 6.07) is 9.31. The van der Waals surface area contributed by atoms with Crippen LogP contribution in [-0.4, -0.2) is 29.5 Å². The third-order valence-electron chi connectivity index (χ3n) is 3.91. The maximum absolute atomic E-state index is 12.5. The molecule has 0 atom stereocenters. The maximum Gasteiger partial charge on any atom is 0.275 e. The number of nitrogens with zero attached hydrogens (tertiary/aromatic N) is 2. The number of carbonyl (C=O) groups is 1. The molecule has 6 nitrogen and oxygen atoms in total. The van der Waals surface area contributed by atoms with E-state index in [0.717, 1.165) is 16.9 Å². The summed E-state index contributed by atoms with van der Waals surface area (Å²) in [7, 11) is 3.14. The Hall–Kier alpha value is -3.02. The van der Waals surface area contributed by atoms with E-state index in [9.17, 15) is 4.79 Å². The van der Waals surface area contributed by atoms with Crippen molar-refractivity contribution >= 4 is 17.2 Å². The van der Waals surface area contributed by atoms with E-state index < -0.39 is 0 Å². The molecule has 0 bridgehead atoms. The Balaban J connectivity index is 1.92. The zero-order valence-electron chi connectivity index (χ0n) is 14.1. The van der Waals surface area contributed by atoms with Gasteiger partial charge in [-0.05, 0) is 37.6 Å². The largest absolute Gasteiger partial charge is 0.493 e. The van der Waals surface area contributed by atoms with E-state index in [4.69, 9.17) is 9.47 Å². The van der Waals surface area contributed by atoms with Gasteiger partial charge in [-0.1, -0.05) is 6.07 Å². The number of carbonyl (C=O) groups excluding carboxylic acids is 1. The molecule has 1 amide bonds. The van der Waals surface area contributed by atoms with Crippen molar-refractivity contribution in [3.05, 3.63) is 53.5 Å². The van der Waals surface area contributed by atoms with Crippen LogP contribution in [0.3, 0.4) is 0 Å². The molecule has 24 heavy (non-hydrogen) atoms. The zero-order valence-corrected chi connectivity index (χ0v) is 14.1. The highest BCUT2D eigenvalue weighted by atomic mass is 16.5. The van der Waals surface area contributed by atoms with E-state index in [0.29, 0.717) is 22.9 Å². The summed E-state index contributed by atoms with van der Waals surface area (Å²) in [5.74, 6) is 0.911. The first-order valence-electron chi connectivity index (χ1n) is 7.52. The van der Waals surface area contributed by atoms with Gasteiger partial charge in [0.1, 0.15) is 11.3 Å². The molecule has 0 fully saturated rings. The minimum atomic E-state index is -0.270. The third-order valence-corrected chi connectivity index (χ3v) is 3.91. The Morgan fingerprint density at radius 2 is 1.83 bits per heavy atom. The van der Waals surface area contributed by atoms with Crippen molar-refractivity contribution in [3.63, 3.8) is 0 Å². The quantitative estimate of drug-likeness (QED) is 0.800. The van der Waals surface area contributed by atoms with Crippen molar-refractivity contribution in [2.75, 3.05) is 19.5 Å². The van der Waals surface area contributed by atoms with E-state index in [1.165, 1.54) is 0 Å². The topological polar surface area (TPSA) is 64.9 Å². The number of hydrogen-bond donors (Lipinski definition) is 1. The molecule has 2 aromatic heterocycles. The van der Waals surface area contributed by atoms with Crippen molar-refractivity contribution in [1.82, 2.24) is 9.38 Å². The SMILES string of the molecule is COc1cc(C)c(NC(=O)c2cn3c(C)cccc3n2)cc1OC. The molecule has 0 aliphatic carbocycles. The van der Waals surface area contributed by atoms with Gasteiger partial charge in [0.15, 0.2) is 11.5 Å². The summed E-state index contributed by atoms with van der Waals surface area (Å²) in [4.78, 5) is 16.9. The van der Waals surface area contributed by atoms with Crippen LogP contribution in [0.15, 0.2) is 36.5 Å². The van der Waals surface area contributed by atoms with E-state index in [-0.39, 0.29) is 5.91 Å². The van der Waals surface area contributed by atoms with Crippen LogP contribution < -0.4 is 14.8 Å². The summed E-state index contributed by atoms with van der Waals surface area (Å²) >= 11 is 0. The number of fused-ring (bicyclic) bond motifs is 1. The van der Waals surface area contributed by atoms with Gasteiger partial charge in [0.2, 0.25) is 0 Å². The number of rotatable bonds is 4. The highest BCUT2D eigenvalue weighted by Crippen LogP contribution is 2.33. The molecular formula is C18H19N3O3. The van der Waals surface area contributed by atoms with Crippen LogP contribution in [0.25, 0.3) is 5.65 Å². The average molecular weight is 325 g/mol. The van der Waals surface area contributed by atoms with Crippen LogP contribution in [0.5, 0.6) is 11.5 Å². The number of nitrogens with one attached hydrogen (secondary N) is 1. The van der Waals surface area contributed by atoms with E-state index in [2.05, 4.69) is 10.3 Å². The number of ether oxygens (including phenoxy) is 2. The molecule has 3 aromatic rings. The van der Waals surface area contributed by atoms with Crippen LogP contribution >= 0.6 is 0 Å². The fourth-order valence-electron chi connectivity index (χ4n) is 2.56. The Morgan fingerprint density at radius 3 is 2.50 bits per heavy atom. The lowest BCUT2D eigenvalue weighted by Gasteiger charge is -2.13. The van der Waals surface area contributed by atoms with Gasteiger partial charge < -0.3 is 19.2 Å². The number of aryl methyl sites for hydroxylation is 2. The Labute approximate surface area is 140 Å². The molecule has 124 valence electrons. The lowest BCUT2D eigenvalue weighted by Crippen LogP contribution is -2.13. The summed E-state index contributed by atoms with van der Waals surface area (Å²) in [5.41, 5.74) is 3.65. The Bertz CT molecular complexity index is 915. The standard InChI is InChI=1S/C18H19N3O3/c1-11-8-15(23-3)16(24-4)9-13(11)20-18(22)14-10-21-12(2)6-5-7-17(21)19-14/h5-10H,1-4H3,(H,20,22). The predicted molar refractivity (Wildman–Crippen MR) is 92.2 cm³/mol. The maximum atomic E-state index is 12.5. The van der Waals surface area contributed by atoms with Crippen molar-refractivity contribution < 1.29 is 14.3 Å². The van der Waals surface area contributed by atoms with E-state index in [1.54, 1.807) is 26.5 Å². The number of methoxy groups -OCH3 is 2.